The highest BCUT2D eigenvalue weighted by atomic mass is 16.4. The molecule has 0 spiro atoms. The highest BCUT2D eigenvalue weighted by Crippen LogP contribution is 2.21. The molecular weight excluding hydrogens is 250 g/mol. The van der Waals surface area contributed by atoms with Gasteiger partial charge in [-0.05, 0) is 12.5 Å². The van der Waals surface area contributed by atoms with Crippen molar-refractivity contribution in [3.05, 3.63) is 35.4 Å². The first-order chi connectivity index (χ1) is 9.04. The first kappa shape index (κ1) is 13.7. The Morgan fingerprint density at radius 2 is 1.89 bits per heavy atom. The van der Waals surface area contributed by atoms with E-state index >= 15 is 0 Å². The normalized spacial score (nSPS) is 30.1. The Morgan fingerprint density at radius 3 is 2.47 bits per heavy atom. The smallest absolute Gasteiger partial charge is 0.252 e. The lowest BCUT2D eigenvalue weighted by atomic mass is 10.1. The lowest BCUT2D eigenvalue weighted by Gasteiger charge is -2.18. The van der Waals surface area contributed by atoms with Crippen LogP contribution in [0, 0.1) is 0 Å². The molecule has 0 aromatic heterocycles. The van der Waals surface area contributed by atoms with Crippen molar-refractivity contribution >= 4 is 12.2 Å². The summed E-state index contributed by atoms with van der Waals surface area (Å²) in [6.45, 7) is 0. The molecule has 1 aliphatic rings. The molecule has 0 aliphatic heterocycles. The first-order valence-electron chi connectivity index (χ1n) is 5.94. The molecule has 0 unspecified atom stereocenters. The molecule has 0 saturated heterocycles. The molecule has 0 bridgehead atoms. The third-order valence-corrected chi connectivity index (χ3v) is 3.30. The molecule has 19 heavy (non-hydrogen) atoms. The number of aliphatic hydroxyl groups excluding tert-OH is 3. The second-order valence-corrected chi connectivity index (χ2v) is 4.57. The van der Waals surface area contributed by atoms with Crippen LogP contribution in [0.2, 0.25) is 0 Å². The molecule has 102 valence electrons. The summed E-state index contributed by atoms with van der Waals surface area (Å²) >= 11 is 0. The van der Waals surface area contributed by atoms with Crippen molar-refractivity contribution in [3.8, 4) is 0 Å². The number of carbonyl (C=O) groups is 2. The summed E-state index contributed by atoms with van der Waals surface area (Å²) in [5.41, 5.74) is 0.439. The summed E-state index contributed by atoms with van der Waals surface area (Å²) in [4.78, 5) is 22.8. The summed E-state index contributed by atoms with van der Waals surface area (Å²) in [5.74, 6) is -0.520. The van der Waals surface area contributed by atoms with Crippen LogP contribution in [0.5, 0.6) is 0 Å². The molecule has 1 fully saturated rings. The van der Waals surface area contributed by atoms with E-state index in [9.17, 15) is 24.9 Å². The number of hydrogen-bond donors (Lipinski definition) is 4. The van der Waals surface area contributed by atoms with Crippen LogP contribution in [0.25, 0.3) is 0 Å². The third kappa shape index (κ3) is 2.65. The molecule has 1 aromatic carbocycles. The lowest BCUT2D eigenvalue weighted by Crippen LogP contribution is -2.43. The standard InChI is InChI=1S/C13H15NO5/c15-6-7-3-1-2-4-8(7)13(19)14-9-5-10(16)12(18)11(9)17/h1-4,6,9-12,16-18H,5H2,(H,14,19)/t9-,10+,11+,12-/m1/s1. The van der Waals surface area contributed by atoms with Gasteiger partial charge in [-0.1, -0.05) is 18.2 Å². The van der Waals surface area contributed by atoms with E-state index in [1.165, 1.54) is 12.1 Å². The molecule has 1 amide bonds. The number of carbonyl (C=O) groups excluding carboxylic acids is 2. The molecule has 6 nitrogen and oxygen atoms in total. The predicted molar refractivity (Wildman–Crippen MR) is 65.7 cm³/mol. The van der Waals surface area contributed by atoms with Gasteiger partial charge in [0.25, 0.3) is 5.91 Å². The Morgan fingerprint density at radius 1 is 1.21 bits per heavy atom. The average Bonchev–Trinajstić information content (AvgIpc) is 2.66. The van der Waals surface area contributed by atoms with Gasteiger partial charge in [-0.25, -0.2) is 0 Å². The Hall–Kier alpha value is -1.76. The zero-order valence-electron chi connectivity index (χ0n) is 10.1. The quantitative estimate of drug-likeness (QED) is 0.529. The summed E-state index contributed by atoms with van der Waals surface area (Å²) in [7, 11) is 0. The molecular formula is C13H15NO5. The first-order valence-corrected chi connectivity index (χ1v) is 5.94. The zero-order valence-corrected chi connectivity index (χ0v) is 10.1. The van der Waals surface area contributed by atoms with Gasteiger partial charge in [-0.3, -0.25) is 9.59 Å². The van der Waals surface area contributed by atoms with Gasteiger partial charge in [0, 0.05) is 11.1 Å². The average molecular weight is 265 g/mol. The van der Waals surface area contributed by atoms with E-state index in [0.29, 0.717) is 6.29 Å². The van der Waals surface area contributed by atoms with Crippen molar-refractivity contribution in [2.45, 2.75) is 30.8 Å². The fourth-order valence-electron chi connectivity index (χ4n) is 2.20. The number of aldehydes is 1. The fourth-order valence-corrected chi connectivity index (χ4v) is 2.20. The zero-order chi connectivity index (χ0) is 14.0. The van der Waals surface area contributed by atoms with Gasteiger partial charge >= 0.3 is 0 Å². The van der Waals surface area contributed by atoms with Crippen LogP contribution in [-0.4, -0.2) is 51.9 Å². The van der Waals surface area contributed by atoms with Gasteiger partial charge in [0.15, 0.2) is 6.29 Å². The SMILES string of the molecule is O=Cc1ccccc1C(=O)N[C@@H]1C[C@H](O)[C@@H](O)[C@H]1O. The van der Waals surface area contributed by atoms with Crippen LogP contribution in [0.1, 0.15) is 27.1 Å². The van der Waals surface area contributed by atoms with E-state index < -0.39 is 30.3 Å². The Kier molecular flexibility index (Phi) is 3.94. The van der Waals surface area contributed by atoms with Crippen molar-refractivity contribution in [2.24, 2.45) is 0 Å². The van der Waals surface area contributed by atoms with Crippen molar-refractivity contribution in [1.29, 1.82) is 0 Å². The van der Waals surface area contributed by atoms with Gasteiger partial charge < -0.3 is 20.6 Å². The minimum atomic E-state index is -1.27. The molecule has 4 atom stereocenters. The molecule has 1 aromatic rings. The predicted octanol–water partition coefficient (Wildman–Crippen LogP) is -0.916. The van der Waals surface area contributed by atoms with Crippen LogP contribution in [0.4, 0.5) is 0 Å². The summed E-state index contributed by atoms with van der Waals surface area (Å²) in [6, 6.07) is 5.52. The van der Waals surface area contributed by atoms with Crippen molar-refractivity contribution in [3.63, 3.8) is 0 Å². The van der Waals surface area contributed by atoms with Gasteiger partial charge in [0.05, 0.1) is 12.1 Å². The summed E-state index contributed by atoms with van der Waals surface area (Å²) < 4.78 is 0. The van der Waals surface area contributed by atoms with E-state index in [-0.39, 0.29) is 17.5 Å². The van der Waals surface area contributed by atoms with E-state index in [4.69, 9.17) is 0 Å². The van der Waals surface area contributed by atoms with Gasteiger partial charge in [0.1, 0.15) is 12.2 Å². The van der Waals surface area contributed by atoms with Crippen molar-refractivity contribution in [2.75, 3.05) is 0 Å². The molecule has 1 aliphatic carbocycles. The van der Waals surface area contributed by atoms with Crippen LogP contribution >= 0.6 is 0 Å². The number of amides is 1. The van der Waals surface area contributed by atoms with Crippen LogP contribution < -0.4 is 5.32 Å². The van der Waals surface area contributed by atoms with Crippen molar-refractivity contribution in [1.82, 2.24) is 5.32 Å². The second-order valence-electron chi connectivity index (χ2n) is 4.57. The van der Waals surface area contributed by atoms with E-state index in [1.54, 1.807) is 12.1 Å². The summed E-state index contributed by atoms with van der Waals surface area (Å²) in [6.07, 6.45) is -2.92. The minimum Gasteiger partial charge on any atom is -0.390 e. The van der Waals surface area contributed by atoms with Crippen LogP contribution in [-0.2, 0) is 0 Å². The number of aliphatic hydroxyl groups is 3. The maximum Gasteiger partial charge on any atom is 0.252 e. The Bertz CT molecular complexity index is 490. The molecule has 2 rings (SSSR count). The topological polar surface area (TPSA) is 107 Å². The highest BCUT2D eigenvalue weighted by molar-refractivity contribution is 6.01. The third-order valence-electron chi connectivity index (χ3n) is 3.30. The maximum atomic E-state index is 12.0. The van der Waals surface area contributed by atoms with E-state index in [1.807, 2.05) is 0 Å². The Labute approximate surface area is 109 Å². The molecule has 0 radical (unpaired) electrons. The fraction of sp³-hybridized carbons (Fsp3) is 0.385. The molecule has 6 heteroatoms. The Balaban J connectivity index is 2.12. The molecule has 1 saturated carbocycles. The van der Waals surface area contributed by atoms with Gasteiger partial charge in [-0.2, -0.15) is 0 Å². The van der Waals surface area contributed by atoms with Gasteiger partial charge in [-0.15, -0.1) is 0 Å². The number of nitrogens with one attached hydrogen (secondary N) is 1. The van der Waals surface area contributed by atoms with Gasteiger partial charge in [0.2, 0.25) is 0 Å². The monoisotopic (exact) mass is 265 g/mol. The highest BCUT2D eigenvalue weighted by Gasteiger charge is 2.41. The largest absolute Gasteiger partial charge is 0.390 e. The number of benzene rings is 1. The lowest BCUT2D eigenvalue weighted by molar-refractivity contribution is -0.0220. The van der Waals surface area contributed by atoms with Crippen molar-refractivity contribution < 1.29 is 24.9 Å². The maximum absolute atomic E-state index is 12.0. The van der Waals surface area contributed by atoms with E-state index in [0.717, 1.165) is 0 Å². The van der Waals surface area contributed by atoms with Crippen LogP contribution in [0.3, 0.4) is 0 Å². The van der Waals surface area contributed by atoms with Crippen LogP contribution in [0.15, 0.2) is 24.3 Å². The summed E-state index contributed by atoms with van der Waals surface area (Å²) in [5, 5.41) is 31.0. The second kappa shape index (κ2) is 5.48. The number of rotatable bonds is 3. The molecule has 4 N–H and O–H groups in total. The van der Waals surface area contributed by atoms with E-state index in [2.05, 4.69) is 5.32 Å². The minimum absolute atomic E-state index is 0.0668. The molecule has 0 heterocycles. The number of hydrogen-bond acceptors (Lipinski definition) is 5.